The van der Waals surface area contributed by atoms with Crippen molar-refractivity contribution in [2.24, 2.45) is 0 Å². The Kier molecular flexibility index (Phi) is 5.33. The molecule has 0 spiro atoms. The lowest BCUT2D eigenvalue weighted by molar-refractivity contribution is 0.340. The quantitative estimate of drug-likeness (QED) is 0.357. The Labute approximate surface area is 176 Å². The van der Waals surface area contributed by atoms with Crippen molar-refractivity contribution in [3.8, 4) is 16.9 Å². The van der Waals surface area contributed by atoms with Gasteiger partial charge in [0.15, 0.2) is 0 Å². The van der Waals surface area contributed by atoms with E-state index >= 15 is 0 Å². The Hall–Kier alpha value is -2.44. The molecule has 0 saturated heterocycles. The van der Waals surface area contributed by atoms with Crippen LogP contribution in [0.25, 0.3) is 21.3 Å². The first-order valence-electron chi connectivity index (χ1n) is 9.07. The molecule has 4 aromatic rings. The van der Waals surface area contributed by atoms with Crippen LogP contribution in [-0.2, 0) is 0 Å². The van der Waals surface area contributed by atoms with Gasteiger partial charge < -0.3 is 10.1 Å². The molecule has 2 aromatic carbocycles. The van der Waals surface area contributed by atoms with Crippen LogP contribution in [0, 0.1) is 13.8 Å². The molecule has 28 heavy (non-hydrogen) atoms. The lowest BCUT2D eigenvalue weighted by Crippen LogP contribution is -1.96. The molecule has 4 nitrogen and oxygen atoms in total. The highest BCUT2D eigenvalue weighted by atomic mass is 79.9. The van der Waals surface area contributed by atoms with E-state index in [0.29, 0.717) is 6.61 Å². The number of hydrogen-bond acceptors (Lipinski definition) is 5. The van der Waals surface area contributed by atoms with Gasteiger partial charge in [0.25, 0.3) is 0 Å². The number of benzene rings is 2. The second kappa shape index (κ2) is 7.89. The number of aryl methyl sites for hydroxylation is 2. The number of aromatic nitrogens is 2. The summed E-state index contributed by atoms with van der Waals surface area (Å²) in [4.78, 5) is 11.2. The number of hydrogen-bond donors (Lipinski definition) is 1. The first-order valence-corrected chi connectivity index (χ1v) is 10.7. The Bertz CT molecular complexity index is 1140. The Morgan fingerprint density at radius 3 is 2.57 bits per heavy atom. The van der Waals surface area contributed by atoms with Gasteiger partial charge in [0.2, 0.25) is 0 Å². The maximum Gasteiger partial charge on any atom is 0.143 e. The van der Waals surface area contributed by atoms with Gasteiger partial charge in [0, 0.05) is 20.6 Å². The zero-order valence-electron chi connectivity index (χ0n) is 15.9. The number of thiophene rings is 1. The highest BCUT2D eigenvalue weighted by Crippen LogP contribution is 2.41. The Morgan fingerprint density at radius 1 is 1.07 bits per heavy atom. The topological polar surface area (TPSA) is 47.0 Å². The van der Waals surface area contributed by atoms with Crippen molar-refractivity contribution in [3.63, 3.8) is 0 Å². The average Bonchev–Trinajstić information content (AvgIpc) is 3.02. The lowest BCUT2D eigenvalue weighted by Gasteiger charge is -2.11. The van der Waals surface area contributed by atoms with Crippen molar-refractivity contribution < 1.29 is 4.74 Å². The third-order valence-electron chi connectivity index (χ3n) is 4.55. The number of rotatable bonds is 5. The molecule has 4 rings (SSSR count). The second-order valence-electron chi connectivity index (χ2n) is 6.48. The number of nitrogens with zero attached hydrogens (tertiary/aromatic N) is 2. The van der Waals surface area contributed by atoms with Crippen LogP contribution in [0.1, 0.15) is 17.4 Å². The van der Waals surface area contributed by atoms with Crippen molar-refractivity contribution >= 4 is 49.0 Å². The van der Waals surface area contributed by atoms with Crippen LogP contribution >= 0.6 is 27.3 Å². The maximum atomic E-state index is 5.58. The van der Waals surface area contributed by atoms with E-state index in [1.54, 1.807) is 17.7 Å². The summed E-state index contributed by atoms with van der Waals surface area (Å²) < 4.78 is 6.65. The molecule has 0 aliphatic heterocycles. The van der Waals surface area contributed by atoms with E-state index in [1.165, 1.54) is 10.4 Å². The van der Waals surface area contributed by atoms with Gasteiger partial charge in [-0.3, -0.25) is 0 Å². The molecule has 0 aliphatic rings. The molecule has 2 heterocycles. The Balaban J connectivity index is 1.81. The SMILES string of the molecule is CCOc1ccc(-c2c(C)sc3ncnc(Nc4ccc(C)c(Br)c4)c23)cc1. The zero-order chi connectivity index (χ0) is 19.7. The predicted molar refractivity (Wildman–Crippen MR) is 121 cm³/mol. The molecule has 0 fully saturated rings. The fourth-order valence-electron chi connectivity index (χ4n) is 3.18. The highest BCUT2D eigenvalue weighted by Gasteiger charge is 2.17. The monoisotopic (exact) mass is 453 g/mol. The first-order chi connectivity index (χ1) is 13.6. The van der Waals surface area contributed by atoms with Gasteiger partial charge in [-0.25, -0.2) is 9.97 Å². The second-order valence-corrected chi connectivity index (χ2v) is 8.54. The van der Waals surface area contributed by atoms with Gasteiger partial charge >= 0.3 is 0 Å². The first kappa shape index (κ1) is 18.9. The molecule has 0 atom stereocenters. The molecule has 0 aliphatic carbocycles. The fourth-order valence-corrected chi connectivity index (χ4v) is 4.57. The van der Waals surface area contributed by atoms with Crippen molar-refractivity contribution in [3.05, 3.63) is 63.7 Å². The number of halogens is 1. The average molecular weight is 454 g/mol. The van der Waals surface area contributed by atoms with Gasteiger partial charge in [-0.2, -0.15) is 0 Å². The molecule has 0 amide bonds. The summed E-state index contributed by atoms with van der Waals surface area (Å²) in [6.07, 6.45) is 1.62. The number of nitrogens with one attached hydrogen (secondary N) is 1. The molecule has 0 saturated carbocycles. The predicted octanol–water partition coefficient (Wildman–Crippen LogP) is 6.88. The summed E-state index contributed by atoms with van der Waals surface area (Å²) in [5.41, 5.74) is 4.48. The van der Waals surface area contributed by atoms with Crippen molar-refractivity contribution in [2.45, 2.75) is 20.8 Å². The summed E-state index contributed by atoms with van der Waals surface area (Å²) in [6, 6.07) is 14.4. The van der Waals surface area contributed by atoms with Crippen LogP contribution in [0.2, 0.25) is 0 Å². The van der Waals surface area contributed by atoms with E-state index in [2.05, 4.69) is 75.4 Å². The molecule has 6 heteroatoms. The third-order valence-corrected chi connectivity index (χ3v) is 6.42. The summed E-state index contributed by atoms with van der Waals surface area (Å²) in [7, 11) is 0. The summed E-state index contributed by atoms with van der Waals surface area (Å²) in [5.74, 6) is 1.69. The van der Waals surface area contributed by atoms with E-state index in [1.807, 2.05) is 19.1 Å². The van der Waals surface area contributed by atoms with E-state index in [-0.39, 0.29) is 0 Å². The van der Waals surface area contributed by atoms with Crippen molar-refractivity contribution in [1.29, 1.82) is 0 Å². The molecule has 0 radical (unpaired) electrons. The Morgan fingerprint density at radius 2 is 1.86 bits per heavy atom. The number of fused-ring (bicyclic) bond motifs is 1. The summed E-state index contributed by atoms with van der Waals surface area (Å²) in [6.45, 7) is 6.85. The standard InChI is InChI=1S/C22H20BrN3OS/c1-4-27-17-9-6-15(7-10-17)19-14(3)28-22-20(19)21(24-12-25-22)26-16-8-5-13(2)18(23)11-16/h5-12H,4H2,1-3H3,(H,24,25,26). The highest BCUT2D eigenvalue weighted by molar-refractivity contribution is 9.10. The fraction of sp³-hybridized carbons (Fsp3) is 0.182. The number of ether oxygens (including phenoxy) is 1. The van der Waals surface area contributed by atoms with Gasteiger partial charge in [0.1, 0.15) is 22.7 Å². The molecule has 2 aromatic heterocycles. The van der Waals surface area contributed by atoms with Gasteiger partial charge in [-0.1, -0.05) is 34.1 Å². The van der Waals surface area contributed by atoms with E-state index in [9.17, 15) is 0 Å². The normalized spacial score (nSPS) is 11.0. The van der Waals surface area contributed by atoms with Crippen LogP contribution in [0.4, 0.5) is 11.5 Å². The molecular weight excluding hydrogens is 434 g/mol. The van der Waals surface area contributed by atoms with Crippen LogP contribution in [-0.4, -0.2) is 16.6 Å². The van der Waals surface area contributed by atoms with Crippen LogP contribution in [0.3, 0.4) is 0 Å². The van der Waals surface area contributed by atoms with Gasteiger partial charge in [-0.05, 0) is 56.2 Å². The molecule has 142 valence electrons. The molecular formula is C22H20BrN3OS. The molecule has 0 unspecified atom stereocenters. The van der Waals surface area contributed by atoms with Gasteiger partial charge in [-0.15, -0.1) is 11.3 Å². The van der Waals surface area contributed by atoms with Crippen LogP contribution in [0.15, 0.2) is 53.3 Å². The minimum Gasteiger partial charge on any atom is -0.494 e. The zero-order valence-corrected chi connectivity index (χ0v) is 18.3. The molecule has 1 N–H and O–H groups in total. The smallest absolute Gasteiger partial charge is 0.143 e. The third kappa shape index (κ3) is 3.62. The van der Waals surface area contributed by atoms with Crippen LogP contribution < -0.4 is 10.1 Å². The minimum absolute atomic E-state index is 0.660. The van der Waals surface area contributed by atoms with Crippen molar-refractivity contribution in [1.82, 2.24) is 9.97 Å². The number of anilines is 2. The van der Waals surface area contributed by atoms with E-state index in [0.717, 1.165) is 43.1 Å². The van der Waals surface area contributed by atoms with E-state index < -0.39 is 0 Å². The van der Waals surface area contributed by atoms with E-state index in [4.69, 9.17) is 4.74 Å². The largest absolute Gasteiger partial charge is 0.494 e. The van der Waals surface area contributed by atoms with Crippen molar-refractivity contribution in [2.75, 3.05) is 11.9 Å². The maximum absolute atomic E-state index is 5.58. The van der Waals surface area contributed by atoms with Gasteiger partial charge in [0.05, 0.1) is 12.0 Å². The molecule has 0 bridgehead atoms. The summed E-state index contributed by atoms with van der Waals surface area (Å²) in [5, 5.41) is 4.52. The summed E-state index contributed by atoms with van der Waals surface area (Å²) >= 11 is 5.29. The minimum atomic E-state index is 0.660. The van der Waals surface area contributed by atoms with Crippen LogP contribution in [0.5, 0.6) is 5.75 Å². The lowest BCUT2D eigenvalue weighted by atomic mass is 10.0.